The number of methoxy groups -OCH3 is 1. The summed E-state index contributed by atoms with van der Waals surface area (Å²) in [6, 6.07) is 17.5. The second kappa shape index (κ2) is 9.35. The molecule has 24 heavy (non-hydrogen) atoms. The van der Waals surface area contributed by atoms with Gasteiger partial charge in [-0.1, -0.05) is 42.5 Å². The van der Waals surface area contributed by atoms with Gasteiger partial charge in [-0.15, -0.1) is 0 Å². The predicted octanol–water partition coefficient (Wildman–Crippen LogP) is 3.82. The Morgan fingerprint density at radius 2 is 1.58 bits per heavy atom. The molecule has 2 aromatic carbocycles. The molecule has 5 heteroatoms. The molecular weight excluding hydrogens is 304 g/mol. The van der Waals surface area contributed by atoms with Gasteiger partial charge in [-0.2, -0.15) is 0 Å². The van der Waals surface area contributed by atoms with Crippen molar-refractivity contribution in [1.82, 2.24) is 5.32 Å². The van der Waals surface area contributed by atoms with Gasteiger partial charge in [-0.25, -0.2) is 4.79 Å². The molecular formula is C19H22N2O3. The molecule has 5 nitrogen and oxygen atoms in total. The Balaban J connectivity index is 1.73. The van der Waals surface area contributed by atoms with Crippen LogP contribution >= 0.6 is 0 Å². The molecule has 0 spiro atoms. The van der Waals surface area contributed by atoms with E-state index in [9.17, 15) is 9.59 Å². The van der Waals surface area contributed by atoms with Gasteiger partial charge in [0.1, 0.15) is 0 Å². The second-order valence-corrected chi connectivity index (χ2v) is 5.36. The van der Waals surface area contributed by atoms with E-state index in [1.54, 1.807) is 0 Å². The Kier molecular flexibility index (Phi) is 6.83. The summed E-state index contributed by atoms with van der Waals surface area (Å²) in [5.74, 6) is -0.224. The molecule has 2 aromatic rings. The first-order valence-electron chi connectivity index (χ1n) is 7.96. The highest BCUT2D eigenvalue weighted by Gasteiger charge is 2.03. The van der Waals surface area contributed by atoms with Crippen molar-refractivity contribution in [2.75, 3.05) is 19.0 Å². The Morgan fingerprint density at radius 1 is 0.917 bits per heavy atom. The van der Waals surface area contributed by atoms with Crippen LogP contribution in [0.5, 0.6) is 0 Å². The van der Waals surface area contributed by atoms with Crippen LogP contribution in [0.15, 0.2) is 54.6 Å². The van der Waals surface area contributed by atoms with E-state index in [2.05, 4.69) is 15.4 Å². The second-order valence-electron chi connectivity index (χ2n) is 5.36. The Morgan fingerprint density at radius 3 is 2.25 bits per heavy atom. The van der Waals surface area contributed by atoms with Crippen LogP contribution in [0.1, 0.15) is 19.3 Å². The number of amides is 2. The minimum Gasteiger partial charge on any atom is -0.469 e. The predicted molar refractivity (Wildman–Crippen MR) is 94.8 cm³/mol. The third-order valence-electron chi connectivity index (χ3n) is 3.57. The molecule has 0 aliphatic heterocycles. The van der Waals surface area contributed by atoms with Crippen molar-refractivity contribution in [2.24, 2.45) is 0 Å². The number of esters is 1. The van der Waals surface area contributed by atoms with Gasteiger partial charge in [-0.05, 0) is 36.1 Å². The lowest BCUT2D eigenvalue weighted by atomic mass is 10.1. The van der Waals surface area contributed by atoms with E-state index < -0.39 is 0 Å². The molecule has 0 aliphatic rings. The van der Waals surface area contributed by atoms with E-state index in [0.29, 0.717) is 19.4 Å². The van der Waals surface area contributed by atoms with Crippen molar-refractivity contribution in [3.8, 4) is 11.1 Å². The van der Waals surface area contributed by atoms with Crippen LogP contribution in [0.25, 0.3) is 11.1 Å². The third-order valence-corrected chi connectivity index (χ3v) is 3.57. The van der Waals surface area contributed by atoms with E-state index in [-0.39, 0.29) is 12.0 Å². The molecule has 2 rings (SSSR count). The van der Waals surface area contributed by atoms with Crippen LogP contribution in [-0.2, 0) is 9.53 Å². The van der Waals surface area contributed by atoms with Crippen molar-refractivity contribution in [1.29, 1.82) is 0 Å². The summed E-state index contributed by atoms with van der Waals surface area (Å²) < 4.78 is 4.56. The number of hydrogen-bond donors (Lipinski definition) is 2. The van der Waals surface area contributed by atoms with Crippen LogP contribution in [0, 0.1) is 0 Å². The van der Waals surface area contributed by atoms with Crippen molar-refractivity contribution >= 4 is 17.7 Å². The smallest absolute Gasteiger partial charge is 0.319 e. The summed E-state index contributed by atoms with van der Waals surface area (Å²) in [7, 11) is 1.37. The lowest BCUT2D eigenvalue weighted by molar-refractivity contribution is -0.140. The first kappa shape index (κ1) is 17.5. The molecule has 0 aromatic heterocycles. The van der Waals surface area contributed by atoms with E-state index in [4.69, 9.17) is 0 Å². The first-order valence-corrected chi connectivity index (χ1v) is 7.96. The van der Waals surface area contributed by atoms with Gasteiger partial charge in [0.2, 0.25) is 0 Å². The molecule has 126 valence electrons. The lowest BCUT2D eigenvalue weighted by Crippen LogP contribution is -2.29. The average molecular weight is 326 g/mol. The zero-order chi connectivity index (χ0) is 17.2. The van der Waals surface area contributed by atoms with Gasteiger partial charge in [0.05, 0.1) is 7.11 Å². The summed E-state index contributed by atoms with van der Waals surface area (Å²) in [6.07, 6.45) is 1.80. The molecule has 0 atom stereocenters. The minimum atomic E-state index is -0.250. The van der Waals surface area contributed by atoms with Crippen molar-refractivity contribution in [2.45, 2.75) is 19.3 Å². The zero-order valence-corrected chi connectivity index (χ0v) is 13.7. The monoisotopic (exact) mass is 326 g/mol. The van der Waals surface area contributed by atoms with Gasteiger partial charge in [-0.3, -0.25) is 4.79 Å². The van der Waals surface area contributed by atoms with E-state index in [1.165, 1.54) is 7.11 Å². The van der Waals surface area contributed by atoms with Gasteiger partial charge in [0.15, 0.2) is 0 Å². The highest BCUT2D eigenvalue weighted by molar-refractivity contribution is 5.89. The number of ether oxygens (including phenoxy) is 1. The highest BCUT2D eigenvalue weighted by Crippen LogP contribution is 2.20. The fourth-order valence-electron chi connectivity index (χ4n) is 2.25. The van der Waals surface area contributed by atoms with Crippen LogP contribution in [0.3, 0.4) is 0 Å². The van der Waals surface area contributed by atoms with E-state index in [0.717, 1.165) is 23.2 Å². The Hall–Kier alpha value is -2.82. The maximum atomic E-state index is 11.8. The van der Waals surface area contributed by atoms with Gasteiger partial charge >= 0.3 is 12.0 Å². The molecule has 0 fully saturated rings. The number of nitrogens with one attached hydrogen (secondary N) is 2. The number of benzene rings is 2. The number of carbonyl (C=O) groups excluding carboxylic acids is 2. The average Bonchev–Trinajstić information content (AvgIpc) is 2.62. The minimum absolute atomic E-state index is 0.224. The molecule has 0 saturated carbocycles. The molecule has 0 unspecified atom stereocenters. The lowest BCUT2D eigenvalue weighted by Gasteiger charge is -2.08. The SMILES string of the molecule is COC(=O)CCCCNC(=O)Nc1ccc(-c2ccccc2)cc1. The van der Waals surface area contributed by atoms with Crippen LogP contribution < -0.4 is 10.6 Å². The number of anilines is 1. The van der Waals surface area contributed by atoms with Crippen LogP contribution in [-0.4, -0.2) is 25.7 Å². The van der Waals surface area contributed by atoms with Gasteiger partial charge in [0.25, 0.3) is 0 Å². The van der Waals surface area contributed by atoms with Gasteiger partial charge < -0.3 is 15.4 Å². The molecule has 2 amide bonds. The standard InChI is InChI=1S/C19H22N2O3/c1-24-18(22)9-5-6-14-20-19(23)21-17-12-10-16(11-13-17)15-7-3-2-4-8-15/h2-4,7-8,10-13H,5-6,9,14H2,1H3,(H2,20,21,23). The summed E-state index contributed by atoms with van der Waals surface area (Å²) in [5, 5.41) is 5.56. The number of hydrogen-bond acceptors (Lipinski definition) is 3. The molecule has 2 N–H and O–H groups in total. The molecule has 0 bridgehead atoms. The topological polar surface area (TPSA) is 67.4 Å². The van der Waals surface area contributed by atoms with E-state index >= 15 is 0 Å². The normalized spacial score (nSPS) is 10.0. The van der Waals surface area contributed by atoms with Crippen LogP contribution in [0.2, 0.25) is 0 Å². The van der Waals surface area contributed by atoms with Crippen molar-refractivity contribution in [3.63, 3.8) is 0 Å². The van der Waals surface area contributed by atoms with Crippen molar-refractivity contribution < 1.29 is 14.3 Å². The fourth-order valence-corrected chi connectivity index (χ4v) is 2.25. The first-order chi connectivity index (χ1) is 11.7. The van der Waals surface area contributed by atoms with Crippen LogP contribution in [0.4, 0.5) is 10.5 Å². The maximum Gasteiger partial charge on any atom is 0.319 e. The quantitative estimate of drug-likeness (QED) is 0.600. The molecule has 0 saturated heterocycles. The summed E-state index contributed by atoms with van der Waals surface area (Å²) in [4.78, 5) is 22.8. The molecule has 0 radical (unpaired) electrons. The summed E-state index contributed by atoms with van der Waals surface area (Å²) in [5.41, 5.74) is 2.98. The van der Waals surface area contributed by atoms with E-state index in [1.807, 2.05) is 54.6 Å². The zero-order valence-electron chi connectivity index (χ0n) is 13.7. The summed E-state index contributed by atoms with van der Waals surface area (Å²) in [6.45, 7) is 0.519. The molecule has 0 heterocycles. The molecule has 0 aliphatic carbocycles. The number of unbranched alkanes of at least 4 members (excludes halogenated alkanes) is 1. The highest BCUT2D eigenvalue weighted by atomic mass is 16.5. The number of carbonyl (C=O) groups is 2. The summed E-state index contributed by atoms with van der Waals surface area (Å²) >= 11 is 0. The number of urea groups is 1. The Labute approximate surface area is 142 Å². The fraction of sp³-hybridized carbons (Fsp3) is 0.263. The third kappa shape index (κ3) is 5.76. The van der Waals surface area contributed by atoms with Crippen molar-refractivity contribution in [3.05, 3.63) is 54.6 Å². The maximum absolute atomic E-state index is 11.8. The van der Waals surface area contributed by atoms with Gasteiger partial charge in [0, 0.05) is 18.7 Å². The number of rotatable bonds is 7. The Bertz CT molecular complexity index is 654. The largest absolute Gasteiger partial charge is 0.469 e.